The molecule has 1 amide bonds. The lowest BCUT2D eigenvalue weighted by Crippen LogP contribution is -2.42. The molecule has 108 valence electrons. The van der Waals surface area contributed by atoms with Crippen LogP contribution in [0.3, 0.4) is 0 Å². The highest BCUT2D eigenvalue weighted by Gasteiger charge is 2.14. The van der Waals surface area contributed by atoms with Crippen LogP contribution in [0, 0.1) is 0 Å². The van der Waals surface area contributed by atoms with Crippen molar-refractivity contribution in [2.45, 2.75) is 26.3 Å². The van der Waals surface area contributed by atoms with Gasteiger partial charge in [0, 0.05) is 16.6 Å². The van der Waals surface area contributed by atoms with Gasteiger partial charge in [0.15, 0.2) is 6.61 Å². The quantitative estimate of drug-likeness (QED) is 0.686. The predicted octanol–water partition coefficient (Wildman–Crippen LogP) is 2.81. The molecule has 4 nitrogen and oxygen atoms in total. The summed E-state index contributed by atoms with van der Waals surface area (Å²) in [6.45, 7) is 5.25. The van der Waals surface area contributed by atoms with Crippen LogP contribution < -0.4 is 5.32 Å². The Bertz CT molecular complexity index is 518. The molecule has 0 aromatic heterocycles. The van der Waals surface area contributed by atoms with Crippen molar-refractivity contribution in [3.05, 3.63) is 40.9 Å². The van der Waals surface area contributed by atoms with Crippen LogP contribution in [0.15, 0.2) is 30.3 Å². The van der Waals surface area contributed by atoms with E-state index in [1.807, 2.05) is 26.8 Å². The molecule has 1 aromatic carbocycles. The Morgan fingerprint density at radius 3 is 2.55 bits per heavy atom. The first-order chi connectivity index (χ1) is 9.28. The zero-order valence-corrected chi connectivity index (χ0v) is 12.5. The molecular weight excluding hydrogens is 278 g/mol. The Morgan fingerprint density at radius 2 is 1.95 bits per heavy atom. The Kier molecular flexibility index (Phi) is 5.77. The minimum Gasteiger partial charge on any atom is -0.452 e. The number of ether oxygens (including phenoxy) is 1. The van der Waals surface area contributed by atoms with Crippen LogP contribution in [0.5, 0.6) is 0 Å². The fraction of sp³-hybridized carbons (Fsp3) is 0.333. The highest BCUT2D eigenvalue weighted by Crippen LogP contribution is 2.16. The molecule has 1 N–H and O–H groups in total. The van der Waals surface area contributed by atoms with Crippen LogP contribution in [-0.4, -0.2) is 24.0 Å². The molecule has 0 radical (unpaired) electrons. The zero-order chi connectivity index (χ0) is 15.2. The van der Waals surface area contributed by atoms with Crippen molar-refractivity contribution < 1.29 is 14.3 Å². The Hall–Kier alpha value is -1.81. The monoisotopic (exact) mass is 295 g/mol. The van der Waals surface area contributed by atoms with Crippen LogP contribution in [0.2, 0.25) is 5.02 Å². The van der Waals surface area contributed by atoms with Crippen molar-refractivity contribution in [1.29, 1.82) is 0 Å². The summed E-state index contributed by atoms with van der Waals surface area (Å²) in [5.74, 6) is -0.925. The van der Waals surface area contributed by atoms with Crippen molar-refractivity contribution in [2.24, 2.45) is 0 Å². The minimum absolute atomic E-state index is 0.303. The van der Waals surface area contributed by atoms with E-state index in [9.17, 15) is 9.59 Å². The van der Waals surface area contributed by atoms with Crippen LogP contribution in [0.1, 0.15) is 26.3 Å². The number of carbonyl (C=O) groups excluding carboxylic acids is 2. The van der Waals surface area contributed by atoms with Crippen LogP contribution in [0.25, 0.3) is 6.08 Å². The summed E-state index contributed by atoms with van der Waals surface area (Å²) in [5.41, 5.74) is 0.363. The standard InChI is InChI=1S/C15H18ClNO3/c1-15(2,3)17-13(18)10-20-14(19)9-8-11-6-4-5-7-12(11)16/h4-9H,10H2,1-3H3,(H,17,18)/b9-8+. The maximum absolute atomic E-state index is 11.5. The summed E-state index contributed by atoms with van der Waals surface area (Å²) in [4.78, 5) is 22.9. The van der Waals surface area contributed by atoms with Crippen molar-refractivity contribution in [1.82, 2.24) is 5.32 Å². The molecule has 0 atom stereocenters. The first-order valence-corrected chi connectivity index (χ1v) is 6.56. The number of hydrogen-bond acceptors (Lipinski definition) is 3. The number of esters is 1. The molecule has 0 spiro atoms. The van der Waals surface area contributed by atoms with Gasteiger partial charge in [-0.25, -0.2) is 4.79 Å². The smallest absolute Gasteiger partial charge is 0.331 e. The summed E-state index contributed by atoms with van der Waals surface area (Å²) in [7, 11) is 0. The largest absolute Gasteiger partial charge is 0.452 e. The highest BCUT2D eigenvalue weighted by molar-refractivity contribution is 6.32. The Morgan fingerprint density at radius 1 is 1.30 bits per heavy atom. The molecule has 0 bridgehead atoms. The molecular formula is C15H18ClNO3. The van der Waals surface area contributed by atoms with Crippen LogP contribution >= 0.6 is 11.6 Å². The molecule has 0 saturated heterocycles. The van der Waals surface area contributed by atoms with Gasteiger partial charge in [-0.15, -0.1) is 0 Å². The summed E-state index contributed by atoms with van der Waals surface area (Å²) in [6, 6.07) is 7.12. The molecule has 1 rings (SSSR count). The number of amides is 1. The van der Waals surface area contributed by atoms with Crippen molar-refractivity contribution >= 4 is 29.6 Å². The van der Waals surface area contributed by atoms with E-state index in [1.54, 1.807) is 24.3 Å². The lowest BCUT2D eigenvalue weighted by Gasteiger charge is -2.20. The van der Waals surface area contributed by atoms with Gasteiger partial charge in [-0.05, 0) is 38.5 Å². The lowest BCUT2D eigenvalue weighted by atomic mass is 10.1. The fourth-order valence-electron chi connectivity index (χ4n) is 1.41. The van der Waals surface area contributed by atoms with Gasteiger partial charge in [-0.1, -0.05) is 29.8 Å². The predicted molar refractivity (Wildman–Crippen MR) is 79.3 cm³/mol. The highest BCUT2D eigenvalue weighted by atomic mass is 35.5. The number of benzene rings is 1. The molecule has 5 heteroatoms. The van der Waals surface area contributed by atoms with E-state index in [1.165, 1.54) is 6.08 Å². The molecule has 0 aliphatic carbocycles. The molecule has 1 aromatic rings. The van der Waals surface area contributed by atoms with E-state index in [2.05, 4.69) is 5.32 Å². The summed E-state index contributed by atoms with van der Waals surface area (Å²) in [6.07, 6.45) is 2.79. The van der Waals surface area contributed by atoms with Crippen molar-refractivity contribution in [3.8, 4) is 0 Å². The van der Waals surface area contributed by atoms with Gasteiger partial charge in [0.1, 0.15) is 0 Å². The second-order valence-electron chi connectivity index (χ2n) is 5.26. The average molecular weight is 296 g/mol. The van der Waals surface area contributed by atoms with Gasteiger partial charge in [0.25, 0.3) is 5.91 Å². The third-order valence-electron chi connectivity index (χ3n) is 2.16. The third-order valence-corrected chi connectivity index (χ3v) is 2.51. The summed E-state index contributed by atoms with van der Waals surface area (Å²) < 4.78 is 4.83. The van der Waals surface area contributed by atoms with Gasteiger partial charge in [0.2, 0.25) is 0 Å². The number of carbonyl (C=O) groups is 2. The molecule has 0 fully saturated rings. The van der Waals surface area contributed by atoms with Crippen molar-refractivity contribution in [2.75, 3.05) is 6.61 Å². The topological polar surface area (TPSA) is 55.4 Å². The molecule has 0 aliphatic heterocycles. The van der Waals surface area contributed by atoms with Crippen molar-refractivity contribution in [3.63, 3.8) is 0 Å². The van der Waals surface area contributed by atoms with Gasteiger partial charge in [-0.2, -0.15) is 0 Å². The maximum Gasteiger partial charge on any atom is 0.331 e. The first kappa shape index (κ1) is 16.2. The number of nitrogens with one attached hydrogen (secondary N) is 1. The van der Waals surface area contributed by atoms with E-state index < -0.39 is 5.97 Å². The van der Waals surface area contributed by atoms with E-state index in [-0.39, 0.29) is 18.1 Å². The zero-order valence-electron chi connectivity index (χ0n) is 11.8. The molecule has 20 heavy (non-hydrogen) atoms. The second kappa shape index (κ2) is 7.10. The minimum atomic E-state index is -0.589. The number of rotatable bonds is 4. The maximum atomic E-state index is 11.5. The van der Waals surface area contributed by atoms with Gasteiger partial charge < -0.3 is 10.1 Å². The van der Waals surface area contributed by atoms with E-state index in [4.69, 9.17) is 16.3 Å². The molecule has 0 aliphatic rings. The third kappa shape index (κ3) is 6.38. The fourth-order valence-corrected chi connectivity index (χ4v) is 1.61. The second-order valence-corrected chi connectivity index (χ2v) is 5.67. The molecule has 0 saturated carbocycles. The first-order valence-electron chi connectivity index (χ1n) is 6.18. The summed E-state index contributed by atoms with van der Waals surface area (Å²) in [5, 5.41) is 3.24. The van der Waals surface area contributed by atoms with E-state index in [0.717, 1.165) is 0 Å². The molecule has 0 heterocycles. The number of hydrogen-bond donors (Lipinski definition) is 1. The normalized spacial score (nSPS) is 11.4. The van der Waals surface area contributed by atoms with E-state index in [0.29, 0.717) is 10.6 Å². The van der Waals surface area contributed by atoms with E-state index >= 15 is 0 Å². The SMILES string of the molecule is CC(C)(C)NC(=O)COC(=O)/C=C/c1ccccc1Cl. The van der Waals surface area contributed by atoms with Gasteiger partial charge in [0.05, 0.1) is 0 Å². The van der Waals surface area contributed by atoms with Crippen LogP contribution in [0.4, 0.5) is 0 Å². The molecule has 0 unspecified atom stereocenters. The Balaban J connectivity index is 2.45. The Labute approximate surface area is 123 Å². The average Bonchev–Trinajstić information content (AvgIpc) is 2.33. The summed E-state index contributed by atoms with van der Waals surface area (Å²) >= 11 is 5.94. The van der Waals surface area contributed by atoms with Gasteiger partial charge >= 0.3 is 5.97 Å². The van der Waals surface area contributed by atoms with Crippen LogP contribution in [-0.2, 0) is 14.3 Å². The van der Waals surface area contributed by atoms with Gasteiger partial charge in [-0.3, -0.25) is 4.79 Å². The lowest BCUT2D eigenvalue weighted by molar-refractivity contribution is -0.144. The number of halogens is 1.